The van der Waals surface area contributed by atoms with Crippen LogP contribution in [0, 0.1) is 13.8 Å². The molecular weight excluding hydrogens is 422 g/mol. The minimum absolute atomic E-state index is 0.121. The predicted molar refractivity (Wildman–Crippen MR) is 115 cm³/mol. The molecule has 3 amide bonds. The summed E-state index contributed by atoms with van der Waals surface area (Å²) >= 11 is 2.62. The van der Waals surface area contributed by atoms with Crippen LogP contribution in [0.5, 0.6) is 0 Å². The molecule has 0 spiro atoms. The molecule has 2 aliphatic rings. The zero-order valence-electron chi connectivity index (χ0n) is 17.1. The van der Waals surface area contributed by atoms with Crippen molar-refractivity contribution in [3.63, 3.8) is 0 Å². The molecule has 0 bridgehead atoms. The maximum Gasteiger partial charge on any atom is 0.289 e. The number of rotatable bonds is 4. The van der Waals surface area contributed by atoms with Crippen molar-refractivity contribution in [1.29, 1.82) is 0 Å². The van der Waals surface area contributed by atoms with Gasteiger partial charge >= 0.3 is 0 Å². The van der Waals surface area contributed by atoms with Crippen molar-refractivity contribution < 1.29 is 14.4 Å². The van der Waals surface area contributed by atoms with Gasteiger partial charge in [-0.05, 0) is 39.7 Å². The molecule has 4 heterocycles. The van der Waals surface area contributed by atoms with E-state index >= 15 is 0 Å². The molecule has 0 radical (unpaired) electrons. The van der Waals surface area contributed by atoms with E-state index in [0.717, 1.165) is 56.6 Å². The topological polar surface area (TPSA) is 96.4 Å². The van der Waals surface area contributed by atoms with Crippen molar-refractivity contribution in [3.8, 4) is 10.6 Å². The number of aryl methyl sites for hydroxylation is 2. The van der Waals surface area contributed by atoms with Gasteiger partial charge in [0, 0.05) is 25.2 Å². The summed E-state index contributed by atoms with van der Waals surface area (Å²) in [5.41, 5.74) is 1.85. The van der Waals surface area contributed by atoms with Gasteiger partial charge in [0.2, 0.25) is 11.8 Å². The average molecular weight is 446 g/mol. The second-order valence-corrected chi connectivity index (χ2v) is 9.51. The fourth-order valence-electron chi connectivity index (χ4n) is 3.87. The largest absolute Gasteiger partial charge is 0.341 e. The van der Waals surface area contributed by atoms with Crippen LogP contribution in [0.3, 0.4) is 0 Å². The van der Waals surface area contributed by atoms with Gasteiger partial charge in [0.05, 0.1) is 27.0 Å². The Hall–Kier alpha value is -2.33. The number of carbonyl (C=O) groups is 3. The number of thiazole rings is 1. The number of piperidine rings is 1. The second kappa shape index (κ2) is 8.43. The molecule has 10 heteroatoms. The van der Waals surface area contributed by atoms with Crippen LogP contribution in [-0.4, -0.2) is 66.7 Å². The highest BCUT2D eigenvalue weighted by Gasteiger charge is 2.39. The van der Waals surface area contributed by atoms with Crippen molar-refractivity contribution in [2.75, 3.05) is 18.8 Å². The van der Waals surface area contributed by atoms with E-state index in [1.54, 1.807) is 29.4 Å². The Labute approximate surface area is 183 Å². The number of carbonyl (C=O) groups excluding carboxylic acids is 3. The van der Waals surface area contributed by atoms with Crippen LogP contribution in [0.4, 0.5) is 4.79 Å². The lowest BCUT2D eigenvalue weighted by Gasteiger charge is -2.34. The lowest BCUT2D eigenvalue weighted by molar-refractivity contribution is -0.141. The Kier molecular flexibility index (Phi) is 5.88. The monoisotopic (exact) mass is 445 g/mol. The second-order valence-electron chi connectivity index (χ2n) is 7.55. The Balaban J connectivity index is 1.41. The summed E-state index contributed by atoms with van der Waals surface area (Å²) in [5, 5.41) is 0.738. The third kappa shape index (κ3) is 3.98. The number of amides is 3. The van der Waals surface area contributed by atoms with Crippen molar-refractivity contribution in [3.05, 3.63) is 28.8 Å². The minimum Gasteiger partial charge on any atom is -0.341 e. The Morgan fingerprint density at radius 2 is 1.93 bits per heavy atom. The molecule has 2 aliphatic heterocycles. The smallest absolute Gasteiger partial charge is 0.289 e. The number of nitrogens with zero attached hydrogens (tertiary/aromatic N) is 5. The summed E-state index contributed by atoms with van der Waals surface area (Å²) in [4.78, 5) is 54.0. The summed E-state index contributed by atoms with van der Waals surface area (Å²) in [6.45, 7) is 6.69. The number of aromatic nitrogens is 3. The fourth-order valence-corrected chi connectivity index (χ4v) is 5.86. The molecule has 0 N–H and O–H groups in total. The highest BCUT2D eigenvalue weighted by molar-refractivity contribution is 8.14. The lowest BCUT2D eigenvalue weighted by Crippen LogP contribution is -2.50. The summed E-state index contributed by atoms with van der Waals surface area (Å²) < 4.78 is 0. The third-order valence-electron chi connectivity index (χ3n) is 5.51. The maximum atomic E-state index is 12.8. The SMILES string of the molecule is Cc1nccc(-c2sc(C3CCN(C(=O)C(C)N4C(=O)CSC4=O)CC3)nc2C)n1. The number of likely N-dealkylation sites (tertiary alicyclic amines) is 1. The molecule has 30 heavy (non-hydrogen) atoms. The predicted octanol–water partition coefficient (Wildman–Crippen LogP) is 3.01. The van der Waals surface area contributed by atoms with Crippen LogP contribution >= 0.6 is 23.1 Å². The number of hydrogen-bond acceptors (Lipinski definition) is 8. The minimum atomic E-state index is -0.744. The molecule has 158 valence electrons. The zero-order chi connectivity index (χ0) is 21.4. The Morgan fingerprint density at radius 1 is 1.20 bits per heavy atom. The van der Waals surface area contributed by atoms with Gasteiger partial charge in [-0.3, -0.25) is 19.3 Å². The maximum absolute atomic E-state index is 12.8. The molecule has 2 saturated heterocycles. The summed E-state index contributed by atoms with van der Waals surface area (Å²) in [6.07, 6.45) is 3.38. The van der Waals surface area contributed by atoms with E-state index in [-0.39, 0.29) is 28.7 Å². The highest BCUT2D eigenvalue weighted by atomic mass is 32.2. The van der Waals surface area contributed by atoms with Crippen LogP contribution in [0.1, 0.15) is 42.2 Å². The molecule has 0 aromatic carbocycles. The summed E-state index contributed by atoms with van der Waals surface area (Å²) in [6, 6.07) is 1.16. The Bertz CT molecular complexity index is 984. The molecule has 2 aromatic rings. The van der Waals surface area contributed by atoms with Gasteiger partial charge in [-0.1, -0.05) is 11.8 Å². The summed E-state index contributed by atoms with van der Waals surface area (Å²) in [7, 11) is 0. The first-order valence-electron chi connectivity index (χ1n) is 9.90. The Morgan fingerprint density at radius 3 is 2.57 bits per heavy atom. The first-order valence-corrected chi connectivity index (χ1v) is 11.7. The van der Waals surface area contributed by atoms with E-state index in [1.807, 2.05) is 19.9 Å². The van der Waals surface area contributed by atoms with E-state index in [9.17, 15) is 14.4 Å². The standard InChI is InChI=1S/C20H23N5O3S2/c1-11-17(15-4-7-21-13(3)23-15)30-18(22-11)14-5-8-24(9-6-14)19(27)12(2)25-16(26)10-29-20(25)28/h4,7,12,14H,5-6,8-10H2,1-3H3. The van der Waals surface area contributed by atoms with Gasteiger partial charge < -0.3 is 4.90 Å². The van der Waals surface area contributed by atoms with Gasteiger partial charge in [-0.25, -0.2) is 15.0 Å². The molecule has 1 atom stereocenters. The molecule has 0 saturated carbocycles. The van der Waals surface area contributed by atoms with E-state index in [1.165, 1.54) is 0 Å². The lowest BCUT2D eigenvalue weighted by atomic mass is 9.97. The first-order chi connectivity index (χ1) is 14.3. The van der Waals surface area contributed by atoms with Crippen molar-refractivity contribution in [2.45, 2.75) is 45.6 Å². The number of hydrogen-bond donors (Lipinski definition) is 0. The zero-order valence-corrected chi connectivity index (χ0v) is 18.8. The number of imide groups is 1. The van der Waals surface area contributed by atoms with Crippen molar-refractivity contribution >= 4 is 40.2 Å². The van der Waals surface area contributed by atoms with Gasteiger partial charge in [-0.15, -0.1) is 11.3 Å². The number of thioether (sulfide) groups is 1. The quantitative estimate of drug-likeness (QED) is 0.714. The molecule has 8 nitrogen and oxygen atoms in total. The molecule has 1 unspecified atom stereocenters. The first kappa shape index (κ1) is 20.9. The van der Waals surface area contributed by atoms with Gasteiger partial charge in [-0.2, -0.15) is 0 Å². The van der Waals surface area contributed by atoms with Gasteiger partial charge in [0.25, 0.3) is 5.24 Å². The van der Waals surface area contributed by atoms with E-state index < -0.39 is 6.04 Å². The molecular formula is C20H23N5O3S2. The normalized spacial score (nSPS) is 18.9. The van der Waals surface area contributed by atoms with Crippen molar-refractivity contribution in [1.82, 2.24) is 24.8 Å². The van der Waals surface area contributed by atoms with Gasteiger partial charge in [0.1, 0.15) is 11.9 Å². The average Bonchev–Trinajstić information content (AvgIpc) is 3.29. The van der Waals surface area contributed by atoms with E-state index in [2.05, 4.69) is 9.97 Å². The third-order valence-corrected chi connectivity index (χ3v) is 7.68. The van der Waals surface area contributed by atoms with Gasteiger partial charge in [0.15, 0.2) is 0 Å². The molecule has 2 aromatic heterocycles. The van der Waals surface area contributed by atoms with Crippen LogP contribution < -0.4 is 0 Å². The van der Waals surface area contributed by atoms with E-state index in [0.29, 0.717) is 13.1 Å². The van der Waals surface area contributed by atoms with E-state index in [4.69, 9.17) is 4.98 Å². The summed E-state index contributed by atoms with van der Waals surface area (Å²) in [5.74, 6) is 0.693. The molecule has 2 fully saturated rings. The van der Waals surface area contributed by atoms with Crippen LogP contribution in [0.15, 0.2) is 12.3 Å². The van der Waals surface area contributed by atoms with Crippen LogP contribution in [0.25, 0.3) is 10.6 Å². The highest BCUT2D eigenvalue weighted by Crippen LogP contribution is 2.36. The van der Waals surface area contributed by atoms with Crippen LogP contribution in [-0.2, 0) is 9.59 Å². The van der Waals surface area contributed by atoms with Crippen LogP contribution in [0.2, 0.25) is 0 Å². The molecule has 4 rings (SSSR count). The van der Waals surface area contributed by atoms with Crippen molar-refractivity contribution in [2.24, 2.45) is 0 Å². The fraction of sp³-hybridized carbons (Fsp3) is 0.500. The molecule has 0 aliphatic carbocycles.